The summed E-state index contributed by atoms with van der Waals surface area (Å²) in [6.07, 6.45) is 4.73. The highest BCUT2D eigenvalue weighted by Gasteiger charge is 2.17. The van der Waals surface area contributed by atoms with E-state index in [9.17, 15) is 9.59 Å². The molecule has 1 aliphatic rings. The van der Waals surface area contributed by atoms with E-state index in [1.165, 1.54) is 25.0 Å². The Bertz CT molecular complexity index is 917. The molecule has 1 aliphatic carbocycles. The molecule has 2 aromatic rings. The van der Waals surface area contributed by atoms with Crippen LogP contribution in [0, 0.1) is 17.8 Å². The zero-order valence-electron chi connectivity index (χ0n) is 14.7. The van der Waals surface area contributed by atoms with Crippen LogP contribution in [0.4, 0.5) is 0 Å². The number of benzene rings is 2. The first-order valence-electron chi connectivity index (χ1n) is 8.83. The van der Waals surface area contributed by atoms with Crippen LogP contribution in [0.2, 0.25) is 5.02 Å². The molecule has 0 aromatic heterocycles. The molecule has 3 rings (SSSR count). The highest BCUT2D eigenvalue weighted by atomic mass is 35.5. The Balaban J connectivity index is 1.86. The number of ketones is 1. The third-order valence-electron chi connectivity index (χ3n) is 4.44. The summed E-state index contributed by atoms with van der Waals surface area (Å²) in [5, 5.41) is 9.18. The van der Waals surface area contributed by atoms with E-state index in [1.807, 2.05) is 6.07 Å². The first-order valence-corrected chi connectivity index (χ1v) is 9.21. The lowest BCUT2D eigenvalue weighted by molar-refractivity contribution is -0.139. The molecule has 4 nitrogen and oxygen atoms in total. The summed E-state index contributed by atoms with van der Waals surface area (Å²) in [7, 11) is 0. The third-order valence-corrected chi connectivity index (χ3v) is 4.67. The number of carbonyl (C=O) groups is 2. The Labute approximate surface area is 163 Å². The number of rotatable bonds is 5. The Morgan fingerprint density at radius 1 is 1.15 bits per heavy atom. The van der Waals surface area contributed by atoms with Crippen LogP contribution >= 0.6 is 11.6 Å². The van der Waals surface area contributed by atoms with Crippen LogP contribution in [0.1, 0.15) is 47.2 Å². The molecule has 0 unspecified atom stereocenters. The largest absolute Gasteiger partial charge is 0.481 e. The molecule has 27 heavy (non-hydrogen) atoms. The van der Waals surface area contributed by atoms with Crippen LogP contribution in [-0.4, -0.2) is 23.5 Å². The van der Waals surface area contributed by atoms with Gasteiger partial charge in [0.25, 0.3) is 0 Å². The number of hydrogen-bond donors (Lipinski definition) is 1. The number of carboxylic acids is 1. The van der Waals surface area contributed by atoms with Crippen molar-refractivity contribution in [2.45, 2.75) is 25.7 Å². The first-order chi connectivity index (χ1) is 13.0. The van der Waals surface area contributed by atoms with Crippen molar-refractivity contribution in [2.24, 2.45) is 5.92 Å². The molecule has 0 radical (unpaired) electrons. The van der Waals surface area contributed by atoms with Crippen molar-refractivity contribution in [1.82, 2.24) is 0 Å². The number of carboxylic acid groups (broad SMARTS) is 1. The van der Waals surface area contributed by atoms with Crippen LogP contribution in [0.25, 0.3) is 0 Å². The lowest BCUT2D eigenvalue weighted by Crippen LogP contribution is -2.12. The van der Waals surface area contributed by atoms with E-state index in [2.05, 4.69) is 11.8 Å². The van der Waals surface area contributed by atoms with Crippen molar-refractivity contribution in [3.63, 3.8) is 0 Å². The Morgan fingerprint density at radius 2 is 1.93 bits per heavy atom. The fourth-order valence-electron chi connectivity index (χ4n) is 3.09. The van der Waals surface area contributed by atoms with Gasteiger partial charge >= 0.3 is 5.97 Å². The van der Waals surface area contributed by atoms with Crippen molar-refractivity contribution in [1.29, 1.82) is 0 Å². The summed E-state index contributed by atoms with van der Waals surface area (Å²) >= 11 is 6.02. The maximum atomic E-state index is 12.9. The molecular weight excluding hydrogens is 364 g/mol. The zero-order valence-corrected chi connectivity index (χ0v) is 15.5. The van der Waals surface area contributed by atoms with Gasteiger partial charge in [-0.05, 0) is 43.2 Å². The number of ether oxygens (including phenoxy) is 1. The molecule has 0 heterocycles. The van der Waals surface area contributed by atoms with Gasteiger partial charge in [-0.2, -0.15) is 0 Å². The van der Waals surface area contributed by atoms with E-state index >= 15 is 0 Å². The summed E-state index contributed by atoms with van der Waals surface area (Å²) in [6.45, 7) is -0.533. The van der Waals surface area contributed by atoms with E-state index in [0.29, 0.717) is 16.5 Å². The zero-order chi connectivity index (χ0) is 19.2. The first kappa shape index (κ1) is 19.0. The van der Waals surface area contributed by atoms with Gasteiger partial charge in [-0.3, -0.25) is 4.79 Å². The van der Waals surface area contributed by atoms with E-state index in [0.717, 1.165) is 18.4 Å². The Hall–Kier alpha value is -2.77. The Kier molecular flexibility index (Phi) is 6.16. The minimum Gasteiger partial charge on any atom is -0.481 e. The summed E-state index contributed by atoms with van der Waals surface area (Å²) in [5.74, 6) is 5.67. The Morgan fingerprint density at radius 3 is 2.67 bits per heavy atom. The van der Waals surface area contributed by atoms with Crippen LogP contribution in [0.15, 0.2) is 42.5 Å². The van der Waals surface area contributed by atoms with Crippen LogP contribution in [0.3, 0.4) is 0 Å². The van der Waals surface area contributed by atoms with Crippen molar-refractivity contribution in [2.75, 3.05) is 6.61 Å². The van der Waals surface area contributed by atoms with Crippen LogP contribution in [0.5, 0.6) is 5.75 Å². The van der Waals surface area contributed by atoms with Gasteiger partial charge in [-0.1, -0.05) is 48.4 Å². The number of hydrogen-bond acceptors (Lipinski definition) is 3. The van der Waals surface area contributed by atoms with E-state index in [1.54, 1.807) is 24.3 Å². The quantitative estimate of drug-likeness (QED) is 0.607. The fraction of sp³-hybridized carbons (Fsp3) is 0.273. The highest BCUT2D eigenvalue weighted by molar-refractivity contribution is 6.31. The average molecular weight is 383 g/mol. The molecule has 138 valence electrons. The van der Waals surface area contributed by atoms with Gasteiger partial charge in [0, 0.05) is 22.1 Å². The van der Waals surface area contributed by atoms with Gasteiger partial charge in [0.05, 0.1) is 5.56 Å². The van der Waals surface area contributed by atoms with Crippen molar-refractivity contribution in [3.05, 3.63) is 64.2 Å². The lowest BCUT2D eigenvalue weighted by atomic mass is 10.00. The maximum Gasteiger partial charge on any atom is 0.341 e. The average Bonchev–Trinajstić information content (AvgIpc) is 3.18. The van der Waals surface area contributed by atoms with Gasteiger partial charge in [-0.15, -0.1) is 0 Å². The lowest BCUT2D eigenvalue weighted by Gasteiger charge is -2.10. The predicted octanol–water partition coefficient (Wildman–Crippen LogP) is 4.58. The van der Waals surface area contributed by atoms with Crippen LogP contribution in [-0.2, 0) is 4.79 Å². The molecule has 1 saturated carbocycles. The predicted molar refractivity (Wildman–Crippen MR) is 103 cm³/mol. The maximum absolute atomic E-state index is 12.9. The van der Waals surface area contributed by atoms with Crippen molar-refractivity contribution in [3.8, 4) is 17.6 Å². The molecular formula is C22H19ClO4. The standard InChI is InChI=1S/C22H19ClO4/c23-18-10-11-20(27-14-21(24)25)19(13-18)22(26)17-7-3-6-16(12-17)9-8-15-4-1-2-5-15/h3,6-7,10-13,15H,1-2,4-5,14H2,(H,24,25). The molecule has 5 heteroatoms. The molecule has 0 bridgehead atoms. The second-order valence-electron chi connectivity index (χ2n) is 6.48. The number of halogens is 1. The minimum atomic E-state index is -1.12. The second kappa shape index (κ2) is 8.75. The van der Waals surface area contributed by atoms with E-state index in [-0.39, 0.29) is 17.1 Å². The van der Waals surface area contributed by atoms with Gasteiger partial charge in [-0.25, -0.2) is 4.79 Å². The highest BCUT2D eigenvalue weighted by Crippen LogP contribution is 2.26. The van der Waals surface area contributed by atoms with Gasteiger partial charge in [0.15, 0.2) is 12.4 Å². The van der Waals surface area contributed by atoms with Gasteiger partial charge in [0.1, 0.15) is 5.75 Å². The molecule has 1 N–H and O–H groups in total. The van der Waals surface area contributed by atoms with Crippen molar-refractivity contribution >= 4 is 23.4 Å². The molecule has 2 aromatic carbocycles. The summed E-state index contributed by atoms with van der Waals surface area (Å²) in [4.78, 5) is 23.7. The van der Waals surface area contributed by atoms with E-state index < -0.39 is 12.6 Å². The van der Waals surface area contributed by atoms with E-state index in [4.69, 9.17) is 21.4 Å². The molecule has 0 atom stereocenters. The van der Waals surface area contributed by atoms with Gasteiger partial charge < -0.3 is 9.84 Å². The van der Waals surface area contributed by atoms with Gasteiger partial charge in [0.2, 0.25) is 0 Å². The molecule has 0 spiro atoms. The monoisotopic (exact) mass is 382 g/mol. The van der Waals surface area contributed by atoms with Crippen LogP contribution < -0.4 is 4.74 Å². The summed E-state index contributed by atoms with van der Waals surface area (Å²) < 4.78 is 5.23. The number of carbonyl (C=O) groups excluding carboxylic acids is 1. The molecule has 0 amide bonds. The second-order valence-corrected chi connectivity index (χ2v) is 6.92. The SMILES string of the molecule is O=C(O)COc1ccc(Cl)cc1C(=O)c1cccc(C#CC2CCCC2)c1. The summed E-state index contributed by atoms with van der Waals surface area (Å²) in [6, 6.07) is 11.6. The fourth-order valence-corrected chi connectivity index (χ4v) is 3.27. The topological polar surface area (TPSA) is 63.6 Å². The smallest absolute Gasteiger partial charge is 0.341 e. The van der Waals surface area contributed by atoms with Crippen molar-refractivity contribution < 1.29 is 19.4 Å². The third kappa shape index (κ3) is 5.12. The summed E-state index contributed by atoms with van der Waals surface area (Å²) in [5.41, 5.74) is 1.46. The molecule has 1 fully saturated rings. The molecule has 0 saturated heterocycles. The minimum absolute atomic E-state index is 0.189. The molecule has 0 aliphatic heterocycles. The normalized spacial score (nSPS) is 13.7. The number of aliphatic carboxylic acids is 1.